The van der Waals surface area contributed by atoms with Gasteiger partial charge in [0, 0.05) is 24.7 Å². The number of hydrogen-bond acceptors (Lipinski definition) is 8. The number of unbranched alkanes of at least 4 members (excludes halogenated alkanes) is 1. The lowest BCUT2D eigenvalue weighted by Gasteiger charge is -2.30. The number of benzene rings is 3. The number of carbonyl (C=O) groups excluding carboxylic acids is 3. The van der Waals surface area contributed by atoms with Gasteiger partial charge in [0.1, 0.15) is 12.1 Å². The van der Waals surface area contributed by atoms with Crippen molar-refractivity contribution >= 4 is 33.7 Å². The Labute approximate surface area is 277 Å². The molecule has 0 aromatic heterocycles. The first kappa shape index (κ1) is 37.0. The Morgan fingerprint density at radius 2 is 1.38 bits per heavy atom. The van der Waals surface area contributed by atoms with Gasteiger partial charge in [0.05, 0.1) is 19.1 Å². The minimum Gasteiger partial charge on any atom is -0.468 e. The quantitative estimate of drug-likeness (QED) is 0.106. The van der Waals surface area contributed by atoms with Crippen LogP contribution in [0.2, 0.25) is 0 Å². The number of amides is 2. The van der Waals surface area contributed by atoms with E-state index in [1.807, 2.05) is 74.5 Å². The van der Waals surface area contributed by atoms with Crippen molar-refractivity contribution in [3.8, 4) is 0 Å². The zero-order valence-corrected chi connectivity index (χ0v) is 28.2. The Kier molecular flexibility index (Phi) is 14.2. The lowest BCUT2D eigenvalue weighted by molar-refractivity contribution is -0.145. The van der Waals surface area contributed by atoms with Crippen LogP contribution in [0, 0.1) is 5.92 Å². The van der Waals surface area contributed by atoms with E-state index in [9.17, 15) is 22.8 Å². The number of methoxy groups -OCH3 is 2. The number of alkyl carbamates (subject to hydrolysis) is 1. The first-order valence-corrected chi connectivity index (χ1v) is 17.1. The summed E-state index contributed by atoms with van der Waals surface area (Å²) in [6.45, 7) is 4.31. The molecule has 0 aliphatic rings. The average Bonchev–Trinajstić information content (AvgIpc) is 3.07. The number of nitrogens with one attached hydrogen (secondary N) is 2. The largest absolute Gasteiger partial charge is 0.468 e. The summed E-state index contributed by atoms with van der Waals surface area (Å²) in [7, 11) is -1.59. The van der Waals surface area contributed by atoms with Crippen LogP contribution in [-0.2, 0) is 29.1 Å². The number of nitrogen functional groups attached to an aromatic ring is 1. The van der Waals surface area contributed by atoms with Gasteiger partial charge in [0.25, 0.3) is 0 Å². The summed E-state index contributed by atoms with van der Waals surface area (Å²) < 4.78 is 38.6. The molecule has 0 heterocycles. The van der Waals surface area contributed by atoms with Crippen LogP contribution >= 0.6 is 0 Å². The predicted octanol–water partition coefficient (Wildman–Crippen LogP) is 4.69. The van der Waals surface area contributed by atoms with E-state index in [1.165, 1.54) is 42.8 Å². The number of carbonyl (C=O) groups is 3. The molecule has 2 atom stereocenters. The molecule has 12 heteroatoms. The maximum atomic E-state index is 13.8. The van der Waals surface area contributed by atoms with E-state index >= 15 is 0 Å². The molecule has 0 saturated carbocycles. The van der Waals surface area contributed by atoms with Gasteiger partial charge >= 0.3 is 12.1 Å². The number of nitrogens with two attached hydrogens (primary N) is 1. The molecule has 11 nitrogen and oxygen atoms in total. The molecule has 0 aliphatic carbocycles. The molecule has 0 aliphatic heterocycles. The molecule has 3 aromatic carbocycles. The van der Waals surface area contributed by atoms with Crippen LogP contribution in [-0.4, -0.2) is 70.1 Å². The van der Waals surface area contributed by atoms with Gasteiger partial charge in [0.2, 0.25) is 15.9 Å². The zero-order chi connectivity index (χ0) is 34.4. The third-order valence-corrected chi connectivity index (χ3v) is 9.75. The highest BCUT2D eigenvalue weighted by Crippen LogP contribution is 2.29. The Morgan fingerprint density at radius 3 is 1.89 bits per heavy atom. The van der Waals surface area contributed by atoms with Crippen molar-refractivity contribution in [3.05, 3.63) is 96.1 Å². The lowest BCUT2D eigenvalue weighted by Crippen LogP contribution is -2.50. The summed E-state index contributed by atoms with van der Waals surface area (Å²) in [5.74, 6) is -1.39. The third-order valence-electron chi connectivity index (χ3n) is 7.83. The smallest absolute Gasteiger partial charge is 0.407 e. The number of hydrogen-bond donors (Lipinski definition) is 3. The van der Waals surface area contributed by atoms with Crippen LogP contribution in [0.15, 0.2) is 89.8 Å². The van der Waals surface area contributed by atoms with Gasteiger partial charge in [-0.25, -0.2) is 13.2 Å². The highest BCUT2D eigenvalue weighted by Gasteiger charge is 2.36. The molecule has 4 N–H and O–H groups in total. The molecular weight excluding hydrogens is 620 g/mol. The van der Waals surface area contributed by atoms with E-state index in [0.29, 0.717) is 24.9 Å². The number of rotatable bonds is 17. The Bertz CT molecular complexity index is 1500. The second kappa shape index (κ2) is 18.1. The number of esters is 1. The summed E-state index contributed by atoms with van der Waals surface area (Å²) in [6.07, 6.45) is 0.814. The van der Waals surface area contributed by atoms with Gasteiger partial charge in [-0.3, -0.25) is 9.59 Å². The summed E-state index contributed by atoms with van der Waals surface area (Å²) in [5.41, 5.74) is 7.87. The SMILES string of the molecule is COC(=O)N[C@H](C(=O)NCCCCC(C(=O)OC)N(CCC(C)C)S(=O)(=O)c1ccc(N)cc1)C(c1ccccc1)c1ccccc1. The van der Waals surface area contributed by atoms with Crippen LogP contribution in [0.3, 0.4) is 0 Å². The molecule has 2 amide bonds. The van der Waals surface area contributed by atoms with Crippen molar-refractivity contribution in [2.45, 2.75) is 62.4 Å². The van der Waals surface area contributed by atoms with Crippen molar-refractivity contribution in [2.24, 2.45) is 5.92 Å². The van der Waals surface area contributed by atoms with E-state index < -0.39 is 46.0 Å². The summed E-state index contributed by atoms with van der Waals surface area (Å²) >= 11 is 0. The van der Waals surface area contributed by atoms with Gasteiger partial charge < -0.3 is 25.8 Å². The standard InChI is InChI=1S/C35H46N4O7S/c1-25(2)22-24-39(47(43,44)29-20-18-28(36)19-21-29)30(34(41)45-3)17-11-12-23-37-33(40)32(38-35(42)46-4)31(26-13-7-5-8-14-26)27-15-9-6-10-16-27/h5-10,13-16,18-21,25,30-32H,11-12,17,22-24,36H2,1-4H3,(H,37,40)(H,38,42)/t30?,32-/m0/s1. The molecule has 47 heavy (non-hydrogen) atoms. The molecule has 0 saturated heterocycles. The topological polar surface area (TPSA) is 157 Å². The fourth-order valence-electron chi connectivity index (χ4n) is 5.29. The van der Waals surface area contributed by atoms with Gasteiger partial charge in [-0.1, -0.05) is 74.5 Å². The van der Waals surface area contributed by atoms with Crippen LogP contribution in [0.1, 0.15) is 56.6 Å². The lowest BCUT2D eigenvalue weighted by atomic mass is 9.84. The summed E-state index contributed by atoms with van der Waals surface area (Å²) in [4.78, 5) is 39.1. The Morgan fingerprint density at radius 1 is 0.809 bits per heavy atom. The molecule has 0 bridgehead atoms. The first-order valence-electron chi connectivity index (χ1n) is 15.7. The molecule has 0 fully saturated rings. The average molecular weight is 667 g/mol. The van der Waals surface area contributed by atoms with Crippen LogP contribution in [0.25, 0.3) is 0 Å². The first-order chi connectivity index (χ1) is 22.5. The molecule has 3 aromatic rings. The van der Waals surface area contributed by atoms with Crippen LogP contribution in [0.5, 0.6) is 0 Å². The van der Waals surface area contributed by atoms with E-state index in [-0.39, 0.29) is 30.3 Å². The number of anilines is 1. The van der Waals surface area contributed by atoms with E-state index in [4.69, 9.17) is 15.2 Å². The van der Waals surface area contributed by atoms with Crippen molar-refractivity contribution in [3.63, 3.8) is 0 Å². The summed E-state index contributed by atoms with van der Waals surface area (Å²) in [6, 6.07) is 22.6. The molecule has 1 unspecified atom stereocenters. The third kappa shape index (κ3) is 10.5. The number of nitrogens with zero attached hydrogens (tertiary/aromatic N) is 1. The van der Waals surface area contributed by atoms with Gasteiger partial charge in [-0.05, 0) is 67.0 Å². The van der Waals surface area contributed by atoms with E-state index in [1.54, 1.807) is 0 Å². The van der Waals surface area contributed by atoms with Crippen molar-refractivity contribution in [1.29, 1.82) is 0 Å². The van der Waals surface area contributed by atoms with E-state index in [0.717, 1.165) is 11.1 Å². The fraction of sp³-hybridized carbons (Fsp3) is 0.400. The highest BCUT2D eigenvalue weighted by atomic mass is 32.2. The highest BCUT2D eigenvalue weighted by molar-refractivity contribution is 7.89. The molecule has 0 radical (unpaired) electrons. The van der Waals surface area contributed by atoms with Crippen LogP contribution < -0.4 is 16.4 Å². The Hall–Kier alpha value is -4.42. The van der Waals surface area contributed by atoms with Gasteiger partial charge in [-0.2, -0.15) is 4.31 Å². The van der Waals surface area contributed by atoms with Crippen molar-refractivity contribution in [2.75, 3.05) is 33.0 Å². The predicted molar refractivity (Wildman–Crippen MR) is 181 cm³/mol. The molecule has 254 valence electrons. The van der Waals surface area contributed by atoms with Crippen molar-refractivity contribution in [1.82, 2.24) is 14.9 Å². The second-order valence-electron chi connectivity index (χ2n) is 11.6. The minimum atomic E-state index is -4.06. The molecule has 0 spiro atoms. The normalized spacial score (nSPS) is 12.8. The molecular formula is C35H46N4O7S. The second-order valence-corrected chi connectivity index (χ2v) is 13.5. The maximum Gasteiger partial charge on any atom is 0.407 e. The maximum absolute atomic E-state index is 13.8. The Balaban J connectivity index is 1.76. The van der Waals surface area contributed by atoms with Gasteiger partial charge in [0.15, 0.2) is 0 Å². The van der Waals surface area contributed by atoms with Crippen LogP contribution in [0.4, 0.5) is 10.5 Å². The summed E-state index contributed by atoms with van der Waals surface area (Å²) in [5, 5.41) is 5.61. The minimum absolute atomic E-state index is 0.0344. The fourth-order valence-corrected chi connectivity index (χ4v) is 6.91. The van der Waals surface area contributed by atoms with E-state index in [2.05, 4.69) is 10.6 Å². The number of sulfonamides is 1. The monoisotopic (exact) mass is 666 g/mol. The molecule has 3 rings (SSSR count). The number of ether oxygens (including phenoxy) is 2. The zero-order valence-electron chi connectivity index (χ0n) is 27.4. The van der Waals surface area contributed by atoms with Crippen molar-refractivity contribution < 1.29 is 32.3 Å². The van der Waals surface area contributed by atoms with Gasteiger partial charge in [-0.15, -0.1) is 0 Å².